The van der Waals surface area contributed by atoms with E-state index in [4.69, 9.17) is 0 Å². The van der Waals surface area contributed by atoms with Gasteiger partial charge in [-0.3, -0.25) is 14.9 Å². The molecule has 0 bridgehead atoms. The molecule has 0 atom stereocenters. The van der Waals surface area contributed by atoms with Crippen LogP contribution in [0, 0.1) is 0 Å². The summed E-state index contributed by atoms with van der Waals surface area (Å²) in [7, 11) is 0. The van der Waals surface area contributed by atoms with E-state index in [1.165, 1.54) is 47.5 Å². The van der Waals surface area contributed by atoms with Crippen LogP contribution in [-0.2, 0) is 11.2 Å². The number of carbonyl (C=O) groups excluding carboxylic acids is 2. The van der Waals surface area contributed by atoms with Gasteiger partial charge in [-0.2, -0.15) is 11.3 Å². The standard InChI is InChI=1S/C18H21N3O2S2/c22-16(19-8-6-13-4-2-1-3-5-13)10-15-12-25-18(20-15)21-17(23)14-7-9-24-11-14/h4,7,9,11-12H,1-3,5-6,8,10H2,(H,19,22)(H,20,21,23). The Hall–Kier alpha value is -1.99. The Morgan fingerprint density at radius 2 is 2.16 bits per heavy atom. The molecule has 25 heavy (non-hydrogen) atoms. The number of thiazole rings is 1. The van der Waals surface area contributed by atoms with Gasteiger partial charge in [0.25, 0.3) is 5.91 Å². The number of hydrogen-bond acceptors (Lipinski definition) is 5. The van der Waals surface area contributed by atoms with E-state index in [-0.39, 0.29) is 18.2 Å². The number of carbonyl (C=O) groups is 2. The van der Waals surface area contributed by atoms with Crippen molar-refractivity contribution in [3.63, 3.8) is 0 Å². The second kappa shape index (κ2) is 8.92. The Morgan fingerprint density at radius 1 is 1.24 bits per heavy atom. The topological polar surface area (TPSA) is 71.1 Å². The molecule has 2 aromatic heterocycles. The predicted molar refractivity (Wildman–Crippen MR) is 102 cm³/mol. The maximum atomic E-state index is 12.0. The van der Waals surface area contributed by atoms with Gasteiger partial charge in [-0.1, -0.05) is 11.6 Å². The summed E-state index contributed by atoms with van der Waals surface area (Å²) in [6.45, 7) is 0.677. The molecule has 2 N–H and O–H groups in total. The second-order valence-corrected chi connectivity index (χ2v) is 7.63. The predicted octanol–water partition coefficient (Wildman–Crippen LogP) is 4.01. The van der Waals surface area contributed by atoms with Gasteiger partial charge >= 0.3 is 0 Å². The fourth-order valence-corrected chi connectivity index (χ4v) is 4.07. The third-order valence-electron chi connectivity index (χ3n) is 4.05. The first kappa shape index (κ1) is 17.8. The van der Waals surface area contributed by atoms with E-state index >= 15 is 0 Å². The quantitative estimate of drug-likeness (QED) is 0.719. The van der Waals surface area contributed by atoms with Crippen molar-refractivity contribution in [3.8, 4) is 0 Å². The Labute approximate surface area is 155 Å². The molecule has 0 radical (unpaired) electrons. The molecule has 0 aliphatic heterocycles. The molecule has 2 heterocycles. The zero-order valence-electron chi connectivity index (χ0n) is 13.9. The van der Waals surface area contributed by atoms with Gasteiger partial charge in [0.2, 0.25) is 5.91 Å². The number of anilines is 1. The van der Waals surface area contributed by atoms with Gasteiger partial charge in [0.1, 0.15) is 0 Å². The molecule has 0 saturated heterocycles. The van der Waals surface area contributed by atoms with Gasteiger partial charge in [-0.25, -0.2) is 4.98 Å². The highest BCUT2D eigenvalue weighted by Gasteiger charge is 2.11. The number of nitrogens with zero attached hydrogens (tertiary/aromatic N) is 1. The number of amides is 2. The number of aromatic nitrogens is 1. The van der Waals surface area contributed by atoms with Crippen LogP contribution in [0.3, 0.4) is 0 Å². The lowest BCUT2D eigenvalue weighted by Crippen LogP contribution is -2.26. The number of thiophene rings is 1. The summed E-state index contributed by atoms with van der Waals surface area (Å²) in [5.41, 5.74) is 2.76. The van der Waals surface area contributed by atoms with E-state index in [0.717, 1.165) is 12.8 Å². The SMILES string of the molecule is O=C(Cc1csc(NC(=O)c2ccsc2)n1)NCCC1=CCCCC1. The lowest BCUT2D eigenvalue weighted by atomic mass is 9.97. The number of allylic oxidation sites excluding steroid dienone is 1. The summed E-state index contributed by atoms with van der Waals surface area (Å²) in [6.07, 6.45) is 8.35. The summed E-state index contributed by atoms with van der Waals surface area (Å²) < 4.78 is 0. The largest absolute Gasteiger partial charge is 0.355 e. The monoisotopic (exact) mass is 375 g/mol. The van der Waals surface area contributed by atoms with E-state index in [0.29, 0.717) is 22.9 Å². The molecule has 0 aromatic carbocycles. The zero-order valence-corrected chi connectivity index (χ0v) is 15.5. The third-order valence-corrected chi connectivity index (χ3v) is 5.54. The number of nitrogens with one attached hydrogen (secondary N) is 2. The van der Waals surface area contributed by atoms with E-state index in [9.17, 15) is 9.59 Å². The molecule has 5 nitrogen and oxygen atoms in total. The molecule has 3 rings (SSSR count). The van der Waals surface area contributed by atoms with Crippen LogP contribution in [0.5, 0.6) is 0 Å². The van der Waals surface area contributed by atoms with E-state index in [2.05, 4.69) is 21.7 Å². The molecule has 1 aliphatic rings. The van der Waals surface area contributed by atoms with Crippen LogP contribution < -0.4 is 10.6 Å². The first-order valence-corrected chi connectivity index (χ1v) is 10.3. The van der Waals surface area contributed by atoms with Crippen LogP contribution in [0.25, 0.3) is 0 Å². The van der Waals surface area contributed by atoms with Crippen molar-refractivity contribution in [2.24, 2.45) is 0 Å². The summed E-state index contributed by atoms with van der Waals surface area (Å²) in [5, 5.41) is 11.7. The minimum absolute atomic E-state index is 0.0302. The van der Waals surface area contributed by atoms with Crippen molar-refractivity contribution >= 4 is 39.6 Å². The number of hydrogen-bond donors (Lipinski definition) is 2. The Morgan fingerprint density at radius 3 is 2.92 bits per heavy atom. The Kier molecular flexibility index (Phi) is 6.36. The summed E-state index contributed by atoms with van der Waals surface area (Å²) >= 11 is 2.81. The van der Waals surface area contributed by atoms with Crippen molar-refractivity contribution in [1.82, 2.24) is 10.3 Å². The molecule has 2 aromatic rings. The average molecular weight is 376 g/mol. The summed E-state index contributed by atoms with van der Waals surface area (Å²) in [6, 6.07) is 1.77. The first-order chi connectivity index (χ1) is 12.2. The first-order valence-electron chi connectivity index (χ1n) is 8.43. The highest BCUT2D eigenvalue weighted by atomic mass is 32.1. The van der Waals surface area contributed by atoms with Gasteiger partial charge < -0.3 is 5.32 Å². The summed E-state index contributed by atoms with van der Waals surface area (Å²) in [4.78, 5) is 28.3. The lowest BCUT2D eigenvalue weighted by molar-refractivity contribution is -0.120. The summed E-state index contributed by atoms with van der Waals surface area (Å²) in [5.74, 6) is -0.204. The van der Waals surface area contributed by atoms with Crippen LogP contribution in [0.2, 0.25) is 0 Å². The zero-order chi connectivity index (χ0) is 17.5. The van der Waals surface area contributed by atoms with Gasteiger partial charge in [-0.05, 0) is 43.6 Å². The van der Waals surface area contributed by atoms with Crippen molar-refractivity contribution in [3.05, 3.63) is 45.1 Å². The van der Waals surface area contributed by atoms with E-state index in [1.54, 1.807) is 11.4 Å². The molecule has 2 amide bonds. The number of rotatable bonds is 7. The van der Waals surface area contributed by atoms with Crippen LogP contribution in [0.15, 0.2) is 33.9 Å². The van der Waals surface area contributed by atoms with Gasteiger partial charge in [0.15, 0.2) is 5.13 Å². The smallest absolute Gasteiger partial charge is 0.258 e. The molecule has 132 valence electrons. The Bertz CT molecular complexity index is 750. The van der Waals surface area contributed by atoms with E-state index < -0.39 is 0 Å². The van der Waals surface area contributed by atoms with Crippen molar-refractivity contribution in [2.45, 2.75) is 38.5 Å². The van der Waals surface area contributed by atoms with Gasteiger partial charge in [0, 0.05) is 17.3 Å². The molecular weight excluding hydrogens is 354 g/mol. The van der Waals surface area contributed by atoms with Crippen molar-refractivity contribution < 1.29 is 9.59 Å². The van der Waals surface area contributed by atoms with Crippen LogP contribution >= 0.6 is 22.7 Å². The molecule has 0 unspecified atom stereocenters. The maximum Gasteiger partial charge on any atom is 0.258 e. The minimum atomic E-state index is -0.174. The van der Waals surface area contributed by atoms with Gasteiger partial charge in [-0.15, -0.1) is 11.3 Å². The third kappa shape index (κ3) is 5.51. The maximum absolute atomic E-state index is 12.0. The van der Waals surface area contributed by atoms with Crippen LogP contribution in [-0.4, -0.2) is 23.3 Å². The molecular formula is C18H21N3O2S2. The van der Waals surface area contributed by atoms with Crippen molar-refractivity contribution in [2.75, 3.05) is 11.9 Å². The second-order valence-electron chi connectivity index (χ2n) is 6.00. The molecule has 0 spiro atoms. The highest BCUT2D eigenvalue weighted by molar-refractivity contribution is 7.14. The lowest BCUT2D eigenvalue weighted by Gasteiger charge is -2.12. The normalized spacial score (nSPS) is 14.0. The average Bonchev–Trinajstić information content (AvgIpc) is 3.28. The molecule has 7 heteroatoms. The highest BCUT2D eigenvalue weighted by Crippen LogP contribution is 2.20. The van der Waals surface area contributed by atoms with Gasteiger partial charge in [0.05, 0.1) is 17.7 Å². The van der Waals surface area contributed by atoms with E-state index in [1.807, 2.05) is 10.8 Å². The fourth-order valence-electron chi connectivity index (χ4n) is 2.73. The van der Waals surface area contributed by atoms with Crippen molar-refractivity contribution in [1.29, 1.82) is 0 Å². The molecule has 0 fully saturated rings. The molecule has 0 saturated carbocycles. The minimum Gasteiger partial charge on any atom is -0.355 e. The Balaban J connectivity index is 1.42. The molecule has 1 aliphatic carbocycles. The van der Waals surface area contributed by atoms with Crippen LogP contribution in [0.1, 0.15) is 48.2 Å². The van der Waals surface area contributed by atoms with Crippen LogP contribution in [0.4, 0.5) is 5.13 Å². The fraction of sp³-hybridized carbons (Fsp3) is 0.389.